The summed E-state index contributed by atoms with van der Waals surface area (Å²) in [6.45, 7) is 13.8. The van der Waals surface area contributed by atoms with Crippen molar-refractivity contribution in [3.8, 4) is 17.2 Å². The fraction of sp³-hybridized carbons (Fsp3) is 0.667. The normalized spacial score (nSPS) is 17.3. The van der Waals surface area contributed by atoms with Gasteiger partial charge in [-0.15, -0.1) is 24.0 Å². The summed E-state index contributed by atoms with van der Waals surface area (Å²) in [6.07, 6.45) is 0.760. The molecule has 0 radical (unpaired) electrons. The summed E-state index contributed by atoms with van der Waals surface area (Å²) in [5.41, 5.74) is 1.41. The van der Waals surface area contributed by atoms with Crippen LogP contribution in [0.5, 0.6) is 17.2 Å². The van der Waals surface area contributed by atoms with Crippen LogP contribution in [0.15, 0.2) is 17.1 Å². The second kappa shape index (κ2) is 9.89. The number of likely N-dealkylation sites (tertiary alicyclic amines) is 1. The summed E-state index contributed by atoms with van der Waals surface area (Å²) in [6, 6.07) is 3.92. The van der Waals surface area contributed by atoms with Gasteiger partial charge in [0.25, 0.3) is 0 Å². The van der Waals surface area contributed by atoms with Gasteiger partial charge in [0.2, 0.25) is 5.75 Å². The molecular weight excluding hydrogens is 469 g/mol. The van der Waals surface area contributed by atoms with Crippen LogP contribution < -0.4 is 19.5 Å². The molecule has 0 spiro atoms. The largest absolute Gasteiger partial charge is 0.493 e. The maximum Gasteiger partial charge on any atom is 0.203 e. The molecule has 1 saturated heterocycles. The SMILES string of the molecule is CCNC(=NCCc1ccc(OC)c(OC)c1OC)N1CC(C)(C)C1(C)C.I. The third kappa shape index (κ3) is 4.60. The lowest BCUT2D eigenvalue weighted by Gasteiger charge is -2.62. The monoisotopic (exact) mass is 505 g/mol. The fourth-order valence-corrected chi connectivity index (χ4v) is 3.44. The second-order valence-electron chi connectivity index (χ2n) is 8.01. The van der Waals surface area contributed by atoms with Crippen molar-refractivity contribution in [2.75, 3.05) is 41.0 Å². The van der Waals surface area contributed by atoms with E-state index in [0.717, 1.165) is 31.0 Å². The molecule has 1 aliphatic heterocycles. The van der Waals surface area contributed by atoms with Gasteiger partial charge in [-0.1, -0.05) is 19.9 Å². The average Bonchev–Trinajstić information content (AvgIpc) is 2.64. The van der Waals surface area contributed by atoms with Gasteiger partial charge in [0, 0.05) is 36.2 Å². The lowest BCUT2D eigenvalue weighted by Crippen LogP contribution is -2.72. The number of nitrogens with one attached hydrogen (secondary N) is 1. The number of hydrogen-bond donors (Lipinski definition) is 1. The Morgan fingerprint density at radius 1 is 1.07 bits per heavy atom. The zero-order valence-electron chi connectivity index (χ0n) is 18.5. The van der Waals surface area contributed by atoms with Crippen LogP contribution in [-0.4, -0.2) is 57.4 Å². The zero-order chi connectivity index (χ0) is 20.2. The average molecular weight is 505 g/mol. The highest BCUT2D eigenvalue weighted by molar-refractivity contribution is 14.0. The molecule has 1 aromatic carbocycles. The second-order valence-corrected chi connectivity index (χ2v) is 8.01. The highest BCUT2D eigenvalue weighted by atomic mass is 127. The number of guanidine groups is 1. The first-order valence-corrected chi connectivity index (χ1v) is 9.57. The molecule has 0 bridgehead atoms. The van der Waals surface area contributed by atoms with Crippen molar-refractivity contribution in [3.63, 3.8) is 0 Å². The van der Waals surface area contributed by atoms with Crippen molar-refractivity contribution < 1.29 is 14.2 Å². The Morgan fingerprint density at radius 2 is 1.71 bits per heavy atom. The van der Waals surface area contributed by atoms with Crippen molar-refractivity contribution in [3.05, 3.63) is 17.7 Å². The van der Waals surface area contributed by atoms with E-state index in [1.807, 2.05) is 12.1 Å². The minimum absolute atomic E-state index is 0. The van der Waals surface area contributed by atoms with Crippen LogP contribution >= 0.6 is 24.0 Å². The summed E-state index contributed by atoms with van der Waals surface area (Å²) in [4.78, 5) is 7.23. The minimum Gasteiger partial charge on any atom is -0.493 e. The molecule has 0 aromatic heterocycles. The fourth-order valence-electron chi connectivity index (χ4n) is 3.44. The molecule has 0 atom stereocenters. The summed E-state index contributed by atoms with van der Waals surface area (Å²) in [7, 11) is 4.90. The first-order valence-electron chi connectivity index (χ1n) is 9.57. The Morgan fingerprint density at radius 3 is 2.18 bits per heavy atom. The summed E-state index contributed by atoms with van der Waals surface area (Å²) >= 11 is 0. The Kier molecular flexibility index (Phi) is 8.71. The number of rotatable bonds is 7. The summed E-state index contributed by atoms with van der Waals surface area (Å²) in [5.74, 6) is 2.97. The van der Waals surface area contributed by atoms with Crippen molar-refractivity contribution in [1.82, 2.24) is 10.2 Å². The molecule has 2 rings (SSSR count). The number of nitrogens with zero attached hydrogens (tertiary/aromatic N) is 2. The molecule has 6 nitrogen and oxygen atoms in total. The van der Waals surface area contributed by atoms with E-state index in [2.05, 4.69) is 44.8 Å². The quantitative estimate of drug-likeness (QED) is 0.346. The van der Waals surface area contributed by atoms with Gasteiger partial charge in [0.1, 0.15) is 0 Å². The number of ether oxygens (including phenoxy) is 3. The smallest absolute Gasteiger partial charge is 0.203 e. The lowest BCUT2D eigenvalue weighted by molar-refractivity contribution is -0.0667. The molecule has 1 N–H and O–H groups in total. The Hall–Kier alpha value is -1.38. The van der Waals surface area contributed by atoms with Crippen LogP contribution in [0.4, 0.5) is 0 Å². The number of aliphatic imine (C=N–C) groups is 1. The van der Waals surface area contributed by atoms with Crippen molar-refractivity contribution in [1.29, 1.82) is 0 Å². The highest BCUT2D eigenvalue weighted by Gasteiger charge is 2.53. The molecule has 7 heteroatoms. The van der Waals surface area contributed by atoms with E-state index >= 15 is 0 Å². The first kappa shape index (κ1) is 24.7. The first-order chi connectivity index (χ1) is 12.7. The topological polar surface area (TPSA) is 55.3 Å². The van der Waals surface area contributed by atoms with Gasteiger partial charge < -0.3 is 24.4 Å². The van der Waals surface area contributed by atoms with Crippen LogP contribution in [0.3, 0.4) is 0 Å². The third-order valence-corrected chi connectivity index (χ3v) is 5.90. The van der Waals surface area contributed by atoms with Crippen LogP contribution in [0.25, 0.3) is 0 Å². The van der Waals surface area contributed by atoms with Crippen molar-refractivity contribution >= 4 is 29.9 Å². The van der Waals surface area contributed by atoms with Crippen LogP contribution in [0, 0.1) is 5.41 Å². The predicted octanol–water partition coefficient (Wildman–Crippen LogP) is 3.96. The van der Waals surface area contributed by atoms with Gasteiger partial charge in [0.15, 0.2) is 17.5 Å². The molecule has 160 valence electrons. The summed E-state index contributed by atoms with van der Waals surface area (Å²) < 4.78 is 16.4. The molecule has 0 aliphatic carbocycles. The van der Waals surface area contributed by atoms with E-state index in [1.54, 1.807) is 21.3 Å². The maximum absolute atomic E-state index is 5.58. The number of halogens is 1. The van der Waals surface area contributed by atoms with Gasteiger partial charge in [0.05, 0.1) is 21.3 Å². The van der Waals surface area contributed by atoms with E-state index in [9.17, 15) is 0 Å². The van der Waals surface area contributed by atoms with E-state index in [-0.39, 0.29) is 34.9 Å². The zero-order valence-corrected chi connectivity index (χ0v) is 20.8. The lowest BCUT2D eigenvalue weighted by atomic mass is 9.65. The molecule has 28 heavy (non-hydrogen) atoms. The van der Waals surface area contributed by atoms with Gasteiger partial charge in [-0.25, -0.2) is 0 Å². The standard InChI is InChI=1S/C21H35N3O3.HI/c1-9-22-19(24-14-20(2,3)21(24,4)5)23-13-12-15-10-11-16(25-6)18(27-8)17(15)26-7;/h10-11H,9,12-14H2,1-8H3,(H,22,23);1H. The number of methoxy groups -OCH3 is 3. The molecule has 0 saturated carbocycles. The molecule has 1 fully saturated rings. The molecule has 1 aliphatic rings. The van der Waals surface area contributed by atoms with E-state index in [4.69, 9.17) is 19.2 Å². The third-order valence-electron chi connectivity index (χ3n) is 5.90. The summed E-state index contributed by atoms with van der Waals surface area (Å²) in [5, 5.41) is 3.43. The van der Waals surface area contributed by atoms with Gasteiger partial charge in [-0.05, 0) is 33.3 Å². The van der Waals surface area contributed by atoms with Gasteiger partial charge >= 0.3 is 0 Å². The Labute approximate surface area is 187 Å². The molecule has 0 unspecified atom stereocenters. The van der Waals surface area contributed by atoms with Gasteiger partial charge in [-0.3, -0.25) is 4.99 Å². The van der Waals surface area contributed by atoms with Crippen molar-refractivity contribution in [2.24, 2.45) is 10.4 Å². The molecular formula is C21H36IN3O3. The van der Waals surface area contributed by atoms with Crippen LogP contribution in [-0.2, 0) is 6.42 Å². The van der Waals surface area contributed by atoms with Crippen molar-refractivity contribution in [2.45, 2.75) is 46.6 Å². The highest BCUT2D eigenvalue weighted by Crippen LogP contribution is 2.46. The van der Waals surface area contributed by atoms with E-state index < -0.39 is 0 Å². The number of benzene rings is 1. The Balaban J connectivity index is 0.00000392. The number of hydrogen-bond acceptors (Lipinski definition) is 4. The minimum atomic E-state index is 0. The van der Waals surface area contributed by atoms with E-state index in [1.165, 1.54) is 0 Å². The van der Waals surface area contributed by atoms with Crippen LogP contribution in [0.1, 0.15) is 40.2 Å². The Bertz CT molecular complexity index is 690. The maximum atomic E-state index is 5.58. The van der Waals surface area contributed by atoms with Gasteiger partial charge in [-0.2, -0.15) is 0 Å². The molecule has 1 heterocycles. The predicted molar refractivity (Wildman–Crippen MR) is 126 cm³/mol. The molecule has 0 amide bonds. The molecule has 1 aromatic rings. The van der Waals surface area contributed by atoms with E-state index in [0.29, 0.717) is 23.8 Å². The van der Waals surface area contributed by atoms with Crippen LogP contribution in [0.2, 0.25) is 0 Å².